The minimum atomic E-state index is -0.468. The Morgan fingerprint density at radius 2 is 2.11 bits per heavy atom. The molecule has 1 amide bonds. The van der Waals surface area contributed by atoms with Gasteiger partial charge in [0, 0.05) is 11.8 Å². The Morgan fingerprint density at radius 3 is 2.72 bits per heavy atom. The number of carbonyl (C=O) groups is 2. The fourth-order valence-corrected chi connectivity index (χ4v) is 2.25. The second-order valence-corrected chi connectivity index (χ2v) is 4.79. The first-order valence-electron chi connectivity index (χ1n) is 6.26. The van der Waals surface area contributed by atoms with E-state index >= 15 is 0 Å². The van der Waals surface area contributed by atoms with Gasteiger partial charge in [0.1, 0.15) is 5.69 Å². The molecule has 2 rings (SSSR count). The maximum Gasteiger partial charge on any atom is 0.268 e. The Labute approximate surface area is 106 Å². The van der Waals surface area contributed by atoms with E-state index in [1.165, 1.54) is 19.2 Å². The van der Waals surface area contributed by atoms with Crippen molar-refractivity contribution >= 4 is 11.7 Å². The normalized spacial score (nSPS) is 23.7. The number of amides is 1. The van der Waals surface area contributed by atoms with Crippen molar-refractivity contribution < 1.29 is 14.7 Å². The largest absolute Gasteiger partial charge is 0.391 e. The van der Waals surface area contributed by atoms with Crippen molar-refractivity contribution in [3.05, 3.63) is 23.5 Å². The van der Waals surface area contributed by atoms with Crippen LogP contribution in [0.4, 0.5) is 0 Å². The molecule has 1 aliphatic carbocycles. The molecule has 1 aliphatic rings. The van der Waals surface area contributed by atoms with Gasteiger partial charge in [-0.2, -0.15) is 0 Å². The summed E-state index contributed by atoms with van der Waals surface area (Å²) in [5.41, 5.74) is 0.849. The minimum absolute atomic E-state index is 0.0806. The van der Waals surface area contributed by atoms with Crippen molar-refractivity contribution in [3.63, 3.8) is 0 Å². The summed E-state index contributed by atoms with van der Waals surface area (Å²) >= 11 is 0. The lowest BCUT2D eigenvalue weighted by Gasteiger charge is -2.28. The molecule has 0 radical (unpaired) electrons. The SMILES string of the molecule is CC(=O)c1c[nH]c(C(=O)N[C@H]2CCCC[C@@H]2O)c1. The summed E-state index contributed by atoms with van der Waals surface area (Å²) in [5, 5.41) is 12.6. The van der Waals surface area contributed by atoms with Crippen LogP contribution in [0.5, 0.6) is 0 Å². The maximum atomic E-state index is 11.9. The third-order valence-electron chi connectivity index (χ3n) is 3.38. The lowest BCUT2D eigenvalue weighted by atomic mass is 9.92. The first-order valence-corrected chi connectivity index (χ1v) is 6.26. The molecule has 2 atom stereocenters. The van der Waals surface area contributed by atoms with E-state index in [-0.39, 0.29) is 17.7 Å². The Kier molecular flexibility index (Phi) is 3.81. The van der Waals surface area contributed by atoms with E-state index in [4.69, 9.17) is 0 Å². The van der Waals surface area contributed by atoms with Crippen LogP contribution < -0.4 is 5.32 Å². The highest BCUT2D eigenvalue weighted by Crippen LogP contribution is 2.18. The molecular weight excluding hydrogens is 232 g/mol. The molecule has 1 aromatic rings. The van der Waals surface area contributed by atoms with Gasteiger partial charge in [0.2, 0.25) is 0 Å². The molecule has 0 unspecified atom stereocenters. The zero-order valence-electron chi connectivity index (χ0n) is 10.4. The Hall–Kier alpha value is -1.62. The van der Waals surface area contributed by atoms with E-state index in [0.717, 1.165) is 25.7 Å². The van der Waals surface area contributed by atoms with Gasteiger partial charge in [-0.05, 0) is 25.8 Å². The second-order valence-electron chi connectivity index (χ2n) is 4.79. The molecule has 5 heteroatoms. The molecule has 3 N–H and O–H groups in total. The Bertz CT molecular complexity index is 453. The topological polar surface area (TPSA) is 82.2 Å². The standard InChI is InChI=1S/C13H18N2O3/c1-8(16)9-6-11(14-7-9)13(18)15-10-4-2-3-5-12(10)17/h6-7,10,12,14,17H,2-5H2,1H3,(H,15,18)/t10-,12-/m0/s1. The highest BCUT2D eigenvalue weighted by molar-refractivity contribution is 5.99. The fourth-order valence-electron chi connectivity index (χ4n) is 2.25. The van der Waals surface area contributed by atoms with E-state index in [2.05, 4.69) is 10.3 Å². The number of hydrogen-bond donors (Lipinski definition) is 3. The summed E-state index contributed by atoms with van der Waals surface area (Å²) in [4.78, 5) is 25.8. The highest BCUT2D eigenvalue weighted by atomic mass is 16.3. The summed E-state index contributed by atoms with van der Waals surface area (Å²) in [6.45, 7) is 1.45. The van der Waals surface area contributed by atoms with Crippen LogP contribution in [0.1, 0.15) is 53.5 Å². The van der Waals surface area contributed by atoms with Crippen molar-refractivity contribution in [2.75, 3.05) is 0 Å². The van der Waals surface area contributed by atoms with Crippen molar-refractivity contribution in [1.82, 2.24) is 10.3 Å². The summed E-state index contributed by atoms with van der Waals surface area (Å²) in [6, 6.07) is 1.35. The van der Waals surface area contributed by atoms with E-state index in [1.807, 2.05) is 0 Å². The summed E-state index contributed by atoms with van der Waals surface area (Å²) in [6.07, 6.45) is 4.61. The first-order chi connectivity index (χ1) is 8.58. The summed E-state index contributed by atoms with van der Waals surface area (Å²) in [7, 11) is 0. The summed E-state index contributed by atoms with van der Waals surface area (Å²) in [5.74, 6) is -0.351. The van der Waals surface area contributed by atoms with Gasteiger partial charge in [-0.15, -0.1) is 0 Å². The molecule has 18 heavy (non-hydrogen) atoms. The molecule has 5 nitrogen and oxygen atoms in total. The van der Waals surface area contributed by atoms with Crippen LogP contribution in [-0.4, -0.2) is 33.9 Å². The van der Waals surface area contributed by atoms with E-state index in [0.29, 0.717) is 11.3 Å². The number of carbonyl (C=O) groups excluding carboxylic acids is 2. The number of Topliss-reactive ketones (excluding diaryl/α,β-unsaturated/α-hetero) is 1. The summed E-state index contributed by atoms with van der Waals surface area (Å²) < 4.78 is 0. The van der Waals surface area contributed by atoms with Crippen molar-refractivity contribution in [2.45, 2.75) is 44.8 Å². The number of H-pyrrole nitrogens is 1. The third kappa shape index (κ3) is 2.79. The van der Waals surface area contributed by atoms with Crippen molar-refractivity contribution in [3.8, 4) is 0 Å². The van der Waals surface area contributed by atoms with Gasteiger partial charge in [0.05, 0.1) is 12.1 Å². The fraction of sp³-hybridized carbons (Fsp3) is 0.538. The number of aromatic amines is 1. The molecular formula is C13H18N2O3. The number of rotatable bonds is 3. The lowest BCUT2D eigenvalue weighted by molar-refractivity contribution is 0.0714. The molecule has 0 spiro atoms. The molecule has 1 aromatic heterocycles. The van der Waals surface area contributed by atoms with Gasteiger partial charge in [-0.1, -0.05) is 12.8 Å². The second kappa shape index (κ2) is 5.35. The molecule has 0 aromatic carbocycles. The number of aliphatic hydroxyl groups excluding tert-OH is 1. The number of nitrogens with one attached hydrogen (secondary N) is 2. The van der Waals surface area contributed by atoms with Crippen LogP contribution in [0.15, 0.2) is 12.3 Å². The maximum absolute atomic E-state index is 11.9. The molecule has 0 bridgehead atoms. The van der Waals surface area contributed by atoms with E-state index in [9.17, 15) is 14.7 Å². The van der Waals surface area contributed by atoms with Gasteiger partial charge < -0.3 is 15.4 Å². The smallest absolute Gasteiger partial charge is 0.268 e. The van der Waals surface area contributed by atoms with Crippen LogP contribution in [0.3, 0.4) is 0 Å². The minimum Gasteiger partial charge on any atom is -0.391 e. The zero-order valence-corrected chi connectivity index (χ0v) is 10.4. The first kappa shape index (κ1) is 12.8. The molecule has 0 saturated heterocycles. The van der Waals surface area contributed by atoms with Gasteiger partial charge in [0.25, 0.3) is 5.91 Å². The van der Waals surface area contributed by atoms with Gasteiger partial charge in [-0.25, -0.2) is 0 Å². The molecule has 0 aliphatic heterocycles. The molecule has 98 valence electrons. The van der Waals surface area contributed by atoms with Crippen LogP contribution >= 0.6 is 0 Å². The predicted octanol–water partition coefficient (Wildman–Crippen LogP) is 1.25. The zero-order chi connectivity index (χ0) is 13.1. The van der Waals surface area contributed by atoms with Crippen LogP contribution in [-0.2, 0) is 0 Å². The van der Waals surface area contributed by atoms with Crippen molar-refractivity contribution in [1.29, 1.82) is 0 Å². The Balaban J connectivity index is 2.00. The van der Waals surface area contributed by atoms with E-state index < -0.39 is 6.10 Å². The third-order valence-corrected chi connectivity index (χ3v) is 3.38. The quantitative estimate of drug-likeness (QED) is 0.706. The van der Waals surface area contributed by atoms with Gasteiger partial charge in [0.15, 0.2) is 5.78 Å². The average molecular weight is 250 g/mol. The molecule has 1 heterocycles. The van der Waals surface area contributed by atoms with Crippen molar-refractivity contribution in [2.24, 2.45) is 0 Å². The number of ketones is 1. The van der Waals surface area contributed by atoms with Gasteiger partial charge >= 0.3 is 0 Å². The number of aromatic nitrogens is 1. The Morgan fingerprint density at radius 1 is 1.39 bits per heavy atom. The average Bonchev–Trinajstić information content (AvgIpc) is 2.81. The van der Waals surface area contributed by atoms with E-state index in [1.54, 1.807) is 0 Å². The van der Waals surface area contributed by atoms with Gasteiger partial charge in [-0.3, -0.25) is 9.59 Å². The monoisotopic (exact) mass is 250 g/mol. The highest BCUT2D eigenvalue weighted by Gasteiger charge is 2.25. The molecule has 1 fully saturated rings. The number of aliphatic hydroxyl groups is 1. The van der Waals surface area contributed by atoms with Crippen LogP contribution in [0.2, 0.25) is 0 Å². The lowest BCUT2D eigenvalue weighted by Crippen LogP contribution is -2.45. The van der Waals surface area contributed by atoms with Crippen LogP contribution in [0.25, 0.3) is 0 Å². The number of hydrogen-bond acceptors (Lipinski definition) is 3. The molecule has 1 saturated carbocycles. The predicted molar refractivity (Wildman–Crippen MR) is 66.5 cm³/mol. The van der Waals surface area contributed by atoms with Crippen LogP contribution in [0, 0.1) is 0 Å².